The summed E-state index contributed by atoms with van der Waals surface area (Å²) in [6, 6.07) is 15.7. The molecular weight excluding hydrogens is 611 g/mol. The number of anilines is 1. The van der Waals surface area contributed by atoms with E-state index in [4.69, 9.17) is 42.6 Å². The summed E-state index contributed by atoms with van der Waals surface area (Å²) in [7, 11) is 3.69. The molecule has 1 fully saturated rings. The fourth-order valence-corrected chi connectivity index (χ4v) is 6.73. The molecule has 0 unspecified atom stereocenters. The minimum absolute atomic E-state index is 0.296. The van der Waals surface area contributed by atoms with Gasteiger partial charge in [-0.1, -0.05) is 59.6 Å². The number of hydrogen-bond acceptors (Lipinski definition) is 7. The number of imidazole rings is 1. The van der Waals surface area contributed by atoms with Crippen molar-refractivity contribution >= 4 is 34.8 Å². The molecule has 2 N–H and O–H groups in total. The zero-order valence-electron chi connectivity index (χ0n) is 25.8. The number of halogens is 2. The van der Waals surface area contributed by atoms with Crippen molar-refractivity contribution in [3.05, 3.63) is 81.4 Å². The number of benzene rings is 2. The number of likely N-dealkylation sites (N-methyl/N-ethyl adjacent to an activating group) is 1. The van der Waals surface area contributed by atoms with Crippen LogP contribution in [0, 0.1) is 0 Å². The monoisotopic (exact) mass is 648 g/mol. The first kappa shape index (κ1) is 31.5. The van der Waals surface area contributed by atoms with Crippen LogP contribution in [-0.4, -0.2) is 65.3 Å². The lowest BCUT2D eigenvalue weighted by molar-refractivity contribution is 0.0775. The molecule has 1 amide bonds. The normalized spacial score (nSPS) is 15.6. The zero-order chi connectivity index (χ0) is 31.5. The van der Waals surface area contributed by atoms with Crippen LogP contribution in [0.3, 0.4) is 0 Å². The Hall–Kier alpha value is -3.47. The van der Waals surface area contributed by atoms with E-state index in [9.17, 15) is 4.79 Å². The van der Waals surface area contributed by atoms with Crippen molar-refractivity contribution in [2.45, 2.75) is 51.9 Å². The van der Waals surface area contributed by atoms with Gasteiger partial charge in [-0.25, -0.2) is 9.97 Å². The quantitative estimate of drug-likeness (QED) is 0.215. The van der Waals surface area contributed by atoms with Gasteiger partial charge in [-0.2, -0.15) is 0 Å². The molecule has 4 heterocycles. The highest BCUT2D eigenvalue weighted by Crippen LogP contribution is 2.41. The number of pyridine rings is 1. The van der Waals surface area contributed by atoms with Crippen LogP contribution >= 0.6 is 23.2 Å². The number of fused-ring (bicyclic) bond motifs is 1. The summed E-state index contributed by atoms with van der Waals surface area (Å²) in [5, 5.41) is 7.49. The van der Waals surface area contributed by atoms with Crippen LogP contribution in [-0.2, 0) is 30.8 Å². The second kappa shape index (κ2) is 13.9. The van der Waals surface area contributed by atoms with Crippen molar-refractivity contribution < 1.29 is 14.3 Å². The number of nitrogens with one attached hydrogen (secondary N) is 2. The number of rotatable bonds is 9. The fourth-order valence-electron chi connectivity index (χ4n) is 6.13. The summed E-state index contributed by atoms with van der Waals surface area (Å²) < 4.78 is 13.1. The van der Waals surface area contributed by atoms with Gasteiger partial charge >= 0.3 is 0 Å². The molecule has 45 heavy (non-hydrogen) atoms. The first-order chi connectivity index (χ1) is 21.9. The van der Waals surface area contributed by atoms with Crippen LogP contribution in [0.5, 0.6) is 5.88 Å². The van der Waals surface area contributed by atoms with Gasteiger partial charge in [0.15, 0.2) is 5.82 Å². The molecule has 11 heteroatoms. The molecule has 0 atom stereocenters. The van der Waals surface area contributed by atoms with Crippen molar-refractivity contribution in [1.29, 1.82) is 0 Å². The van der Waals surface area contributed by atoms with Gasteiger partial charge in [-0.05, 0) is 38.9 Å². The maximum atomic E-state index is 13.5. The fraction of sp³-hybridized carbons (Fsp3) is 0.382. The Morgan fingerprint density at radius 1 is 1.02 bits per heavy atom. The van der Waals surface area contributed by atoms with Crippen LogP contribution < -0.4 is 15.4 Å². The van der Waals surface area contributed by atoms with Gasteiger partial charge in [-0.3, -0.25) is 4.79 Å². The van der Waals surface area contributed by atoms with E-state index < -0.39 is 0 Å². The SMILES string of the molecule is CCn1c(C(=O)Nc2cccc(-c3cccc(-c4ccc(CNC5CCOCC5)c(OC)n4)c3Cl)c2Cl)nc2c1CCN(C)C2. The Kier molecular flexibility index (Phi) is 9.72. The molecule has 0 spiro atoms. The third-order valence-corrected chi connectivity index (χ3v) is 9.39. The third-order valence-electron chi connectivity index (χ3n) is 8.57. The molecule has 4 aromatic rings. The van der Waals surface area contributed by atoms with Crippen LogP contribution in [0.4, 0.5) is 5.69 Å². The maximum absolute atomic E-state index is 13.5. The maximum Gasteiger partial charge on any atom is 0.291 e. The predicted molar refractivity (Wildman–Crippen MR) is 178 cm³/mol. The molecular formula is C34H38Cl2N6O3. The number of aromatic nitrogens is 3. The molecule has 2 aromatic carbocycles. The highest BCUT2D eigenvalue weighted by Gasteiger charge is 2.26. The summed E-state index contributed by atoms with van der Waals surface area (Å²) in [6.45, 7) is 6.58. The van der Waals surface area contributed by atoms with E-state index in [2.05, 4.69) is 22.6 Å². The van der Waals surface area contributed by atoms with Gasteiger partial charge in [0.1, 0.15) is 0 Å². The smallest absolute Gasteiger partial charge is 0.291 e. The van der Waals surface area contributed by atoms with Crippen LogP contribution in [0.25, 0.3) is 22.4 Å². The lowest BCUT2D eigenvalue weighted by Gasteiger charge is -2.23. The van der Waals surface area contributed by atoms with Gasteiger partial charge in [0.2, 0.25) is 5.88 Å². The standard InChI is InChI=1S/C34H38Cl2N6O3/c1-4-42-29-13-16-41(2)20-28(29)38-32(42)33(43)39-27-10-6-8-24(31(27)36)23-7-5-9-25(30(23)35)26-12-11-21(34(40-26)44-3)19-37-22-14-17-45-18-15-22/h5-12,22,37H,4,13-20H2,1-3H3,(H,39,43). The van der Waals surface area contributed by atoms with Gasteiger partial charge < -0.3 is 29.6 Å². The lowest BCUT2D eigenvalue weighted by Crippen LogP contribution is -2.34. The highest BCUT2D eigenvalue weighted by atomic mass is 35.5. The topological polar surface area (TPSA) is 93.5 Å². The van der Waals surface area contributed by atoms with E-state index in [-0.39, 0.29) is 5.91 Å². The first-order valence-corrected chi connectivity index (χ1v) is 16.1. The number of amides is 1. The Labute approximate surface area is 273 Å². The molecule has 236 valence electrons. The Morgan fingerprint density at radius 3 is 2.51 bits per heavy atom. The number of ether oxygens (including phenoxy) is 2. The second-order valence-corrected chi connectivity index (χ2v) is 12.2. The van der Waals surface area contributed by atoms with E-state index in [0.717, 1.165) is 73.6 Å². The average Bonchev–Trinajstić information content (AvgIpc) is 3.43. The lowest BCUT2D eigenvalue weighted by atomic mass is 10.00. The number of carbonyl (C=O) groups is 1. The molecule has 2 aromatic heterocycles. The Morgan fingerprint density at radius 2 is 1.76 bits per heavy atom. The molecule has 0 bridgehead atoms. The van der Waals surface area contributed by atoms with Gasteiger partial charge in [0.25, 0.3) is 5.91 Å². The van der Waals surface area contributed by atoms with Crippen LogP contribution in [0.1, 0.15) is 47.3 Å². The summed E-state index contributed by atoms with van der Waals surface area (Å²) >= 11 is 14.0. The summed E-state index contributed by atoms with van der Waals surface area (Å²) in [5.74, 6) is 0.649. The summed E-state index contributed by atoms with van der Waals surface area (Å²) in [4.78, 5) is 25.2. The summed E-state index contributed by atoms with van der Waals surface area (Å²) in [5.41, 5.74) is 6.41. The first-order valence-electron chi connectivity index (χ1n) is 15.4. The number of methoxy groups -OCH3 is 1. The van der Waals surface area contributed by atoms with E-state index in [1.807, 2.05) is 54.0 Å². The van der Waals surface area contributed by atoms with Gasteiger partial charge in [0.05, 0.1) is 34.2 Å². The minimum atomic E-state index is -0.296. The summed E-state index contributed by atoms with van der Waals surface area (Å²) in [6.07, 6.45) is 2.85. The molecule has 2 aliphatic rings. The molecule has 0 radical (unpaired) electrons. The van der Waals surface area contributed by atoms with Crippen molar-refractivity contribution in [3.63, 3.8) is 0 Å². The van der Waals surface area contributed by atoms with E-state index in [0.29, 0.717) is 57.8 Å². The Bertz CT molecular complexity index is 1700. The predicted octanol–water partition coefficient (Wildman–Crippen LogP) is 6.46. The molecule has 0 saturated carbocycles. The molecule has 6 rings (SSSR count). The number of carbonyl (C=O) groups excluding carboxylic acids is 1. The van der Waals surface area contributed by atoms with Crippen molar-refractivity contribution in [2.75, 3.05) is 39.2 Å². The van der Waals surface area contributed by atoms with Crippen molar-refractivity contribution in [1.82, 2.24) is 24.8 Å². The molecule has 1 saturated heterocycles. The number of hydrogen-bond donors (Lipinski definition) is 2. The van der Waals surface area contributed by atoms with Crippen LogP contribution in [0.15, 0.2) is 48.5 Å². The van der Waals surface area contributed by atoms with Crippen LogP contribution in [0.2, 0.25) is 10.0 Å². The third kappa shape index (κ3) is 6.59. The molecule has 0 aliphatic carbocycles. The molecule has 2 aliphatic heterocycles. The van der Waals surface area contributed by atoms with Gasteiger partial charge in [-0.15, -0.1) is 0 Å². The average molecular weight is 650 g/mol. The van der Waals surface area contributed by atoms with E-state index in [1.54, 1.807) is 13.2 Å². The largest absolute Gasteiger partial charge is 0.481 e. The van der Waals surface area contributed by atoms with E-state index >= 15 is 0 Å². The Balaban J connectivity index is 1.25. The van der Waals surface area contributed by atoms with E-state index in [1.165, 1.54) is 0 Å². The minimum Gasteiger partial charge on any atom is -0.481 e. The highest BCUT2D eigenvalue weighted by molar-refractivity contribution is 6.39. The van der Waals surface area contributed by atoms with Gasteiger partial charge in [0, 0.05) is 79.8 Å². The zero-order valence-corrected chi connectivity index (χ0v) is 27.3. The second-order valence-electron chi connectivity index (χ2n) is 11.5. The number of nitrogens with zero attached hydrogens (tertiary/aromatic N) is 4. The van der Waals surface area contributed by atoms with Crippen molar-refractivity contribution in [2.24, 2.45) is 0 Å². The van der Waals surface area contributed by atoms with Crippen molar-refractivity contribution in [3.8, 4) is 28.3 Å². The molecule has 9 nitrogen and oxygen atoms in total.